The number of nitrogens with one attached hydrogen (secondary N) is 1. The van der Waals surface area contributed by atoms with Crippen LogP contribution in [0.25, 0.3) is 21.6 Å². The lowest BCUT2D eigenvalue weighted by Gasteiger charge is -2.04. The van der Waals surface area contributed by atoms with Crippen molar-refractivity contribution >= 4 is 44.4 Å². The van der Waals surface area contributed by atoms with Gasteiger partial charge in [0.2, 0.25) is 5.91 Å². The highest BCUT2D eigenvalue weighted by Crippen LogP contribution is 2.29. The quantitative estimate of drug-likeness (QED) is 0.486. The van der Waals surface area contributed by atoms with Gasteiger partial charge in [-0.2, -0.15) is 0 Å². The number of aromatic nitrogens is 4. The fourth-order valence-electron chi connectivity index (χ4n) is 2.65. The molecule has 0 bridgehead atoms. The second-order valence-corrected chi connectivity index (χ2v) is 7.89. The van der Waals surface area contributed by atoms with E-state index in [0.717, 1.165) is 27.4 Å². The molecule has 0 saturated heterocycles. The van der Waals surface area contributed by atoms with Gasteiger partial charge in [0, 0.05) is 12.6 Å². The predicted molar refractivity (Wildman–Crippen MR) is 112 cm³/mol. The highest BCUT2D eigenvalue weighted by Gasteiger charge is 2.14. The van der Waals surface area contributed by atoms with Crippen LogP contribution in [0.3, 0.4) is 0 Å². The highest BCUT2D eigenvalue weighted by molar-refractivity contribution is 7.99. The van der Waals surface area contributed by atoms with Crippen molar-refractivity contribution in [3.8, 4) is 17.1 Å². The number of fused-ring (bicyclic) bond motifs is 1. The number of ether oxygens (including phenoxy) is 1. The lowest BCUT2D eigenvalue weighted by molar-refractivity contribution is -0.113. The molecule has 0 spiro atoms. The van der Waals surface area contributed by atoms with Gasteiger partial charge in [-0.05, 0) is 18.2 Å². The molecule has 4 rings (SSSR count). The van der Waals surface area contributed by atoms with Crippen LogP contribution in [0.1, 0.15) is 0 Å². The van der Waals surface area contributed by atoms with Crippen LogP contribution in [0.2, 0.25) is 0 Å². The average molecular weight is 412 g/mol. The third-order valence-corrected chi connectivity index (χ3v) is 6.00. The number of hydrogen-bond acceptors (Lipinski definition) is 7. The molecule has 0 radical (unpaired) electrons. The number of rotatable bonds is 6. The predicted octanol–water partition coefficient (Wildman–Crippen LogP) is 3.83. The minimum Gasteiger partial charge on any atom is -0.497 e. The molecule has 1 N–H and O–H groups in total. The van der Waals surface area contributed by atoms with Gasteiger partial charge in [-0.3, -0.25) is 4.79 Å². The van der Waals surface area contributed by atoms with Crippen LogP contribution >= 0.6 is 23.1 Å². The normalized spacial score (nSPS) is 10.9. The van der Waals surface area contributed by atoms with Crippen molar-refractivity contribution in [2.75, 3.05) is 18.2 Å². The molecular weight excluding hydrogens is 394 g/mol. The summed E-state index contributed by atoms with van der Waals surface area (Å²) in [4.78, 5) is 16.8. The molecule has 7 nitrogen and oxygen atoms in total. The van der Waals surface area contributed by atoms with Gasteiger partial charge in [0.1, 0.15) is 5.75 Å². The summed E-state index contributed by atoms with van der Waals surface area (Å²) < 4.78 is 8.07. The first-order valence-electron chi connectivity index (χ1n) is 8.46. The molecule has 2 aromatic heterocycles. The van der Waals surface area contributed by atoms with Crippen molar-refractivity contribution < 1.29 is 9.53 Å². The highest BCUT2D eigenvalue weighted by atomic mass is 32.2. The van der Waals surface area contributed by atoms with E-state index in [-0.39, 0.29) is 11.7 Å². The number of amides is 1. The Morgan fingerprint density at radius 1 is 1.21 bits per heavy atom. The lowest BCUT2D eigenvalue weighted by Crippen LogP contribution is -2.14. The summed E-state index contributed by atoms with van der Waals surface area (Å²) in [5.74, 6) is 1.62. The van der Waals surface area contributed by atoms with Gasteiger partial charge in [0.15, 0.2) is 16.1 Å². The van der Waals surface area contributed by atoms with E-state index in [2.05, 4.69) is 20.5 Å². The molecule has 0 saturated carbocycles. The van der Waals surface area contributed by atoms with Crippen LogP contribution in [0.4, 0.5) is 5.13 Å². The Balaban J connectivity index is 1.40. The SMILES string of the molecule is COc1ccc2nc(NC(=O)CSc3nnc(-c4ccccc4)n3C)sc2c1. The van der Waals surface area contributed by atoms with E-state index in [4.69, 9.17) is 4.74 Å². The number of benzene rings is 2. The fraction of sp³-hybridized carbons (Fsp3) is 0.158. The van der Waals surface area contributed by atoms with E-state index in [0.29, 0.717) is 10.3 Å². The zero-order valence-electron chi connectivity index (χ0n) is 15.2. The summed E-state index contributed by atoms with van der Waals surface area (Å²) in [5.41, 5.74) is 1.81. The zero-order chi connectivity index (χ0) is 19.5. The van der Waals surface area contributed by atoms with Gasteiger partial charge in [-0.25, -0.2) is 4.98 Å². The number of carbonyl (C=O) groups excluding carboxylic acids is 1. The summed E-state index contributed by atoms with van der Waals surface area (Å²) in [5, 5.41) is 12.5. The molecule has 0 aliphatic heterocycles. The smallest absolute Gasteiger partial charge is 0.236 e. The maximum atomic E-state index is 12.3. The molecule has 0 unspecified atom stereocenters. The molecule has 142 valence electrons. The molecule has 1 amide bonds. The van der Waals surface area contributed by atoms with Gasteiger partial charge in [0.05, 0.1) is 23.1 Å². The van der Waals surface area contributed by atoms with E-state index in [1.807, 2.05) is 60.1 Å². The maximum absolute atomic E-state index is 12.3. The summed E-state index contributed by atoms with van der Waals surface area (Å²) in [6.45, 7) is 0. The summed E-state index contributed by atoms with van der Waals surface area (Å²) in [7, 11) is 3.52. The van der Waals surface area contributed by atoms with Gasteiger partial charge >= 0.3 is 0 Å². The van der Waals surface area contributed by atoms with Gasteiger partial charge in [-0.1, -0.05) is 53.4 Å². The third kappa shape index (κ3) is 3.85. The molecule has 28 heavy (non-hydrogen) atoms. The van der Waals surface area contributed by atoms with Crippen molar-refractivity contribution in [2.45, 2.75) is 5.16 Å². The van der Waals surface area contributed by atoms with Crippen LogP contribution in [-0.2, 0) is 11.8 Å². The van der Waals surface area contributed by atoms with Crippen LogP contribution in [0.15, 0.2) is 53.7 Å². The van der Waals surface area contributed by atoms with E-state index in [1.165, 1.54) is 23.1 Å². The lowest BCUT2D eigenvalue weighted by atomic mass is 10.2. The van der Waals surface area contributed by atoms with Crippen molar-refractivity contribution in [1.29, 1.82) is 0 Å². The van der Waals surface area contributed by atoms with E-state index in [1.54, 1.807) is 7.11 Å². The number of thiazole rings is 1. The largest absolute Gasteiger partial charge is 0.497 e. The Kier molecular flexibility index (Phi) is 5.27. The standard InChI is InChI=1S/C19H17N5O2S2/c1-24-17(12-6-4-3-5-7-12)22-23-19(24)27-11-16(25)21-18-20-14-9-8-13(26-2)10-15(14)28-18/h3-10H,11H2,1-2H3,(H,20,21,25). The van der Waals surface area contributed by atoms with Crippen molar-refractivity contribution in [1.82, 2.24) is 19.7 Å². The molecule has 4 aromatic rings. The van der Waals surface area contributed by atoms with Gasteiger partial charge < -0.3 is 14.6 Å². The van der Waals surface area contributed by atoms with Crippen LogP contribution in [0.5, 0.6) is 5.75 Å². The first kappa shape index (κ1) is 18.5. The second-order valence-electron chi connectivity index (χ2n) is 5.92. The Labute approximate surface area is 169 Å². The minimum absolute atomic E-state index is 0.139. The van der Waals surface area contributed by atoms with E-state index < -0.39 is 0 Å². The third-order valence-electron chi connectivity index (χ3n) is 4.04. The summed E-state index contributed by atoms with van der Waals surface area (Å²) >= 11 is 2.75. The van der Waals surface area contributed by atoms with Gasteiger partial charge in [0.25, 0.3) is 0 Å². The topological polar surface area (TPSA) is 81.9 Å². The van der Waals surface area contributed by atoms with Crippen molar-refractivity contribution in [3.63, 3.8) is 0 Å². The minimum atomic E-state index is -0.139. The molecule has 0 fully saturated rings. The monoisotopic (exact) mass is 411 g/mol. The molecular formula is C19H17N5O2S2. The van der Waals surface area contributed by atoms with Crippen LogP contribution < -0.4 is 10.1 Å². The van der Waals surface area contributed by atoms with Crippen molar-refractivity contribution in [3.05, 3.63) is 48.5 Å². The van der Waals surface area contributed by atoms with Crippen LogP contribution in [0, 0.1) is 0 Å². The number of thioether (sulfide) groups is 1. The number of methoxy groups -OCH3 is 1. The van der Waals surface area contributed by atoms with Gasteiger partial charge in [-0.15, -0.1) is 10.2 Å². The second kappa shape index (κ2) is 7.99. The summed E-state index contributed by atoms with van der Waals surface area (Å²) in [6.07, 6.45) is 0. The molecule has 0 aliphatic rings. The number of carbonyl (C=O) groups is 1. The molecule has 2 heterocycles. The van der Waals surface area contributed by atoms with Crippen molar-refractivity contribution in [2.24, 2.45) is 7.05 Å². The summed E-state index contributed by atoms with van der Waals surface area (Å²) in [6, 6.07) is 15.5. The number of nitrogens with zero attached hydrogens (tertiary/aromatic N) is 4. The Morgan fingerprint density at radius 2 is 2.04 bits per heavy atom. The first-order valence-corrected chi connectivity index (χ1v) is 10.3. The van der Waals surface area contributed by atoms with Crippen LogP contribution in [-0.4, -0.2) is 38.5 Å². The van der Waals surface area contributed by atoms with E-state index >= 15 is 0 Å². The molecule has 9 heteroatoms. The first-order chi connectivity index (χ1) is 13.6. The zero-order valence-corrected chi connectivity index (χ0v) is 16.9. The number of hydrogen-bond donors (Lipinski definition) is 1. The maximum Gasteiger partial charge on any atom is 0.236 e. The molecule has 0 aliphatic carbocycles. The Bertz CT molecular complexity index is 1120. The molecule has 0 atom stereocenters. The van der Waals surface area contributed by atoms with E-state index in [9.17, 15) is 4.79 Å². The fourth-order valence-corrected chi connectivity index (χ4v) is 4.27. The number of anilines is 1. The molecule has 2 aromatic carbocycles. The average Bonchev–Trinajstić information content (AvgIpc) is 3.28. The Hall–Kier alpha value is -2.91. The Morgan fingerprint density at radius 3 is 2.82 bits per heavy atom.